The van der Waals surface area contributed by atoms with Crippen molar-refractivity contribution in [2.75, 3.05) is 26.2 Å². The van der Waals surface area contributed by atoms with Crippen molar-refractivity contribution in [3.05, 3.63) is 77.4 Å². The Morgan fingerprint density at radius 3 is 2.40 bits per heavy atom. The van der Waals surface area contributed by atoms with Gasteiger partial charge in [0, 0.05) is 26.2 Å². The zero-order valence-electron chi connectivity index (χ0n) is 14.5. The van der Waals surface area contributed by atoms with Crippen molar-refractivity contribution in [1.29, 1.82) is 0 Å². The molecule has 0 saturated carbocycles. The molecule has 0 fully saturated rings. The number of amides is 1. The Morgan fingerprint density at radius 1 is 0.880 bits per heavy atom. The van der Waals surface area contributed by atoms with Crippen LogP contribution >= 0.6 is 0 Å². The second kappa shape index (κ2) is 7.24. The SMILES string of the molecule is O=C(CN1CCc2ccccc2C1)N1CC=C(c2ccccc2)CC1. The Labute approximate surface area is 149 Å². The van der Waals surface area contributed by atoms with Gasteiger partial charge in [-0.1, -0.05) is 60.7 Å². The van der Waals surface area contributed by atoms with Crippen LogP contribution < -0.4 is 0 Å². The molecule has 2 aliphatic rings. The Hall–Kier alpha value is -2.39. The summed E-state index contributed by atoms with van der Waals surface area (Å²) in [5, 5.41) is 0. The molecule has 0 saturated heterocycles. The maximum Gasteiger partial charge on any atom is 0.237 e. The highest BCUT2D eigenvalue weighted by molar-refractivity contribution is 5.80. The molecule has 0 radical (unpaired) electrons. The molecule has 1 amide bonds. The minimum atomic E-state index is 0.253. The standard InChI is InChI=1S/C22H24N2O/c25-22(17-23-13-10-19-8-4-5-9-21(19)16-23)24-14-11-20(12-15-24)18-6-2-1-3-7-18/h1-9,11H,10,12-17H2. The van der Waals surface area contributed by atoms with Gasteiger partial charge in [-0.15, -0.1) is 0 Å². The molecule has 2 aromatic carbocycles. The lowest BCUT2D eigenvalue weighted by molar-refractivity contribution is -0.132. The van der Waals surface area contributed by atoms with Crippen molar-refractivity contribution in [3.63, 3.8) is 0 Å². The van der Waals surface area contributed by atoms with Gasteiger partial charge in [0.15, 0.2) is 0 Å². The van der Waals surface area contributed by atoms with Crippen molar-refractivity contribution in [2.24, 2.45) is 0 Å². The van der Waals surface area contributed by atoms with Crippen LogP contribution in [0.25, 0.3) is 5.57 Å². The molecule has 0 aromatic heterocycles. The van der Waals surface area contributed by atoms with Gasteiger partial charge in [-0.3, -0.25) is 9.69 Å². The maximum atomic E-state index is 12.7. The van der Waals surface area contributed by atoms with E-state index in [0.29, 0.717) is 6.54 Å². The molecule has 0 unspecified atom stereocenters. The van der Waals surface area contributed by atoms with Crippen LogP contribution in [0.5, 0.6) is 0 Å². The molecule has 0 spiro atoms. The van der Waals surface area contributed by atoms with Crippen LogP contribution in [0, 0.1) is 0 Å². The number of carbonyl (C=O) groups is 1. The van der Waals surface area contributed by atoms with Gasteiger partial charge in [-0.05, 0) is 35.1 Å². The molecule has 2 aliphatic heterocycles. The highest BCUT2D eigenvalue weighted by Gasteiger charge is 2.22. The fraction of sp³-hybridized carbons (Fsp3) is 0.318. The lowest BCUT2D eigenvalue weighted by Crippen LogP contribution is -2.43. The second-order valence-electron chi connectivity index (χ2n) is 6.91. The van der Waals surface area contributed by atoms with E-state index in [-0.39, 0.29) is 5.91 Å². The first kappa shape index (κ1) is 16.1. The van der Waals surface area contributed by atoms with E-state index in [9.17, 15) is 4.79 Å². The van der Waals surface area contributed by atoms with Crippen molar-refractivity contribution in [1.82, 2.24) is 9.80 Å². The van der Waals surface area contributed by atoms with Gasteiger partial charge in [0.05, 0.1) is 6.54 Å². The summed E-state index contributed by atoms with van der Waals surface area (Å²) in [7, 11) is 0. The number of carbonyl (C=O) groups excluding carboxylic acids is 1. The lowest BCUT2D eigenvalue weighted by atomic mass is 9.99. The maximum absolute atomic E-state index is 12.7. The summed E-state index contributed by atoms with van der Waals surface area (Å²) >= 11 is 0. The zero-order valence-corrected chi connectivity index (χ0v) is 14.5. The number of rotatable bonds is 3. The topological polar surface area (TPSA) is 23.6 Å². The summed E-state index contributed by atoms with van der Waals surface area (Å²) in [5.74, 6) is 0.253. The summed E-state index contributed by atoms with van der Waals surface area (Å²) in [6, 6.07) is 19.1. The summed E-state index contributed by atoms with van der Waals surface area (Å²) in [4.78, 5) is 16.9. The van der Waals surface area contributed by atoms with Crippen LogP contribution in [0.1, 0.15) is 23.1 Å². The van der Waals surface area contributed by atoms with Crippen molar-refractivity contribution >= 4 is 11.5 Å². The average molecular weight is 332 g/mol. The third-order valence-electron chi connectivity index (χ3n) is 5.27. The molecular formula is C22H24N2O. The van der Waals surface area contributed by atoms with Gasteiger partial charge in [-0.25, -0.2) is 0 Å². The molecule has 3 nitrogen and oxygen atoms in total. The predicted molar refractivity (Wildman–Crippen MR) is 101 cm³/mol. The summed E-state index contributed by atoms with van der Waals surface area (Å²) in [6.07, 6.45) is 4.20. The van der Waals surface area contributed by atoms with E-state index < -0.39 is 0 Å². The minimum Gasteiger partial charge on any atom is -0.338 e. The largest absolute Gasteiger partial charge is 0.338 e. The van der Waals surface area contributed by atoms with Gasteiger partial charge >= 0.3 is 0 Å². The molecule has 0 aliphatic carbocycles. The molecule has 0 bridgehead atoms. The van der Waals surface area contributed by atoms with E-state index in [1.54, 1.807) is 0 Å². The number of hydrogen-bond acceptors (Lipinski definition) is 2. The summed E-state index contributed by atoms with van der Waals surface area (Å²) in [6.45, 7) is 3.95. The van der Waals surface area contributed by atoms with E-state index >= 15 is 0 Å². The zero-order chi connectivity index (χ0) is 17.1. The van der Waals surface area contributed by atoms with E-state index in [4.69, 9.17) is 0 Å². The van der Waals surface area contributed by atoms with Gasteiger partial charge in [0.2, 0.25) is 5.91 Å². The Kier molecular flexibility index (Phi) is 4.66. The first-order valence-corrected chi connectivity index (χ1v) is 9.11. The van der Waals surface area contributed by atoms with E-state index in [1.807, 2.05) is 11.0 Å². The Bertz CT molecular complexity index is 782. The number of hydrogen-bond donors (Lipinski definition) is 0. The Morgan fingerprint density at radius 2 is 1.64 bits per heavy atom. The molecule has 128 valence electrons. The van der Waals surface area contributed by atoms with Gasteiger partial charge in [-0.2, -0.15) is 0 Å². The number of benzene rings is 2. The van der Waals surface area contributed by atoms with Crippen molar-refractivity contribution < 1.29 is 4.79 Å². The predicted octanol–water partition coefficient (Wildman–Crippen LogP) is 3.36. The van der Waals surface area contributed by atoms with E-state index in [0.717, 1.165) is 39.0 Å². The number of nitrogens with zero attached hydrogens (tertiary/aromatic N) is 2. The lowest BCUT2D eigenvalue weighted by Gasteiger charge is -2.32. The number of fused-ring (bicyclic) bond motifs is 1. The van der Waals surface area contributed by atoms with Crippen LogP contribution in [-0.4, -0.2) is 41.9 Å². The Balaban J connectivity index is 1.35. The third kappa shape index (κ3) is 3.67. The monoisotopic (exact) mass is 332 g/mol. The average Bonchev–Trinajstić information content (AvgIpc) is 2.69. The second-order valence-corrected chi connectivity index (χ2v) is 6.91. The molecule has 25 heavy (non-hydrogen) atoms. The first-order valence-electron chi connectivity index (χ1n) is 9.11. The minimum absolute atomic E-state index is 0.253. The molecule has 0 atom stereocenters. The van der Waals surface area contributed by atoms with Crippen LogP contribution in [0.3, 0.4) is 0 Å². The highest BCUT2D eigenvalue weighted by Crippen LogP contribution is 2.23. The highest BCUT2D eigenvalue weighted by atomic mass is 16.2. The van der Waals surface area contributed by atoms with Gasteiger partial charge < -0.3 is 4.90 Å². The molecule has 0 N–H and O–H groups in total. The fourth-order valence-electron chi connectivity index (χ4n) is 3.79. The molecular weight excluding hydrogens is 308 g/mol. The van der Waals surface area contributed by atoms with Crippen molar-refractivity contribution in [2.45, 2.75) is 19.4 Å². The quantitative estimate of drug-likeness (QED) is 0.860. The third-order valence-corrected chi connectivity index (χ3v) is 5.27. The molecule has 2 aromatic rings. The molecule has 3 heteroatoms. The van der Waals surface area contributed by atoms with Gasteiger partial charge in [0.1, 0.15) is 0 Å². The van der Waals surface area contributed by atoms with E-state index in [2.05, 4.69) is 59.5 Å². The first-order chi connectivity index (χ1) is 12.3. The molecule has 2 heterocycles. The van der Waals surface area contributed by atoms with E-state index in [1.165, 1.54) is 22.3 Å². The smallest absolute Gasteiger partial charge is 0.237 e. The fourth-order valence-corrected chi connectivity index (χ4v) is 3.79. The van der Waals surface area contributed by atoms with Crippen LogP contribution in [0.4, 0.5) is 0 Å². The van der Waals surface area contributed by atoms with Crippen LogP contribution in [0.15, 0.2) is 60.7 Å². The van der Waals surface area contributed by atoms with Crippen LogP contribution in [-0.2, 0) is 17.8 Å². The van der Waals surface area contributed by atoms with Crippen LogP contribution in [0.2, 0.25) is 0 Å². The van der Waals surface area contributed by atoms with Gasteiger partial charge in [0.25, 0.3) is 0 Å². The normalized spacial score (nSPS) is 17.8. The van der Waals surface area contributed by atoms with Crippen molar-refractivity contribution in [3.8, 4) is 0 Å². The summed E-state index contributed by atoms with van der Waals surface area (Å²) < 4.78 is 0. The summed E-state index contributed by atoms with van der Waals surface area (Å²) in [5.41, 5.74) is 5.44. The molecule has 4 rings (SSSR count).